The molecule has 4 rings (SSSR count). The Morgan fingerprint density at radius 2 is 1.36 bits per heavy atom. The van der Waals surface area contributed by atoms with Crippen LogP contribution in [0.15, 0.2) is 84.9 Å². The summed E-state index contributed by atoms with van der Waals surface area (Å²) in [5, 5.41) is 0. The Kier molecular flexibility index (Phi) is 9.46. The Morgan fingerprint density at radius 1 is 0.722 bits per heavy atom. The maximum Gasteiger partial charge on any atom is 0.140 e. The van der Waals surface area contributed by atoms with Gasteiger partial charge >= 0.3 is 0 Å². The number of nitrogens with zero attached hydrogens (tertiary/aromatic N) is 3. The summed E-state index contributed by atoms with van der Waals surface area (Å²) in [4.78, 5) is 7.63. The maximum absolute atomic E-state index is 14.6. The number of unbranched alkanes of at least 4 members (excludes halogenated alkanes) is 3. The summed E-state index contributed by atoms with van der Waals surface area (Å²) in [6.07, 6.45) is 5.64. The molecule has 0 N–H and O–H groups in total. The van der Waals surface area contributed by atoms with Crippen LogP contribution in [0.3, 0.4) is 0 Å². The molecule has 0 spiro atoms. The van der Waals surface area contributed by atoms with Gasteiger partial charge in [0.2, 0.25) is 0 Å². The second kappa shape index (κ2) is 13.2. The number of benzene rings is 3. The monoisotopic (exact) mass is 483 g/mol. The van der Waals surface area contributed by atoms with Crippen molar-refractivity contribution in [2.45, 2.75) is 65.6 Å². The van der Waals surface area contributed by atoms with Crippen LogP contribution in [-0.4, -0.2) is 21.0 Å². The van der Waals surface area contributed by atoms with Crippen molar-refractivity contribution in [1.82, 2.24) is 14.5 Å². The molecule has 0 radical (unpaired) electrons. The second-order valence-corrected chi connectivity index (χ2v) is 9.48. The first-order valence-electron chi connectivity index (χ1n) is 13.4. The number of hydrogen-bond donors (Lipinski definition) is 0. The quantitative estimate of drug-likeness (QED) is 0.178. The number of hydrogen-bond acceptors (Lipinski definition) is 2. The molecule has 1 heterocycles. The van der Waals surface area contributed by atoms with Gasteiger partial charge in [-0.15, -0.1) is 0 Å². The summed E-state index contributed by atoms with van der Waals surface area (Å²) in [6.45, 7) is 7.60. The Hall–Kier alpha value is -3.24. The normalized spacial score (nSPS) is 11.3. The SMILES string of the molecule is CCCCCn1c(-c2ccccc2)nc(-c2ccccc2)c1CN(CCCC)Cc1ccccc1F. The molecular formula is C32H38FN3. The lowest BCUT2D eigenvalue weighted by molar-refractivity contribution is 0.243. The van der Waals surface area contributed by atoms with Crippen molar-refractivity contribution in [1.29, 1.82) is 0 Å². The van der Waals surface area contributed by atoms with Crippen molar-refractivity contribution in [2.75, 3.05) is 6.54 Å². The Bertz CT molecular complexity index is 1200. The highest BCUT2D eigenvalue weighted by Gasteiger charge is 2.22. The van der Waals surface area contributed by atoms with Gasteiger partial charge in [-0.2, -0.15) is 0 Å². The molecule has 0 aliphatic carbocycles. The molecule has 1 aromatic heterocycles. The van der Waals surface area contributed by atoms with Crippen LogP contribution < -0.4 is 0 Å². The molecule has 36 heavy (non-hydrogen) atoms. The zero-order valence-corrected chi connectivity index (χ0v) is 21.7. The van der Waals surface area contributed by atoms with E-state index in [0.717, 1.165) is 67.1 Å². The van der Waals surface area contributed by atoms with E-state index >= 15 is 0 Å². The Morgan fingerprint density at radius 3 is 2.03 bits per heavy atom. The molecule has 188 valence electrons. The Balaban J connectivity index is 1.80. The number of halogens is 1. The Labute approximate surface area is 215 Å². The van der Waals surface area contributed by atoms with E-state index in [1.54, 1.807) is 12.1 Å². The third-order valence-electron chi connectivity index (χ3n) is 6.69. The zero-order valence-electron chi connectivity index (χ0n) is 21.7. The first kappa shape index (κ1) is 25.8. The van der Waals surface area contributed by atoms with Gasteiger partial charge in [-0.05, 0) is 25.5 Å². The topological polar surface area (TPSA) is 21.1 Å². The molecule has 4 aromatic rings. The summed E-state index contributed by atoms with van der Waals surface area (Å²) in [5.74, 6) is 0.880. The molecule has 3 aromatic carbocycles. The molecule has 0 aliphatic heterocycles. The highest BCUT2D eigenvalue weighted by Crippen LogP contribution is 2.31. The summed E-state index contributed by atoms with van der Waals surface area (Å²) < 4.78 is 17.0. The molecule has 0 saturated heterocycles. The van der Waals surface area contributed by atoms with Crippen LogP contribution in [0.4, 0.5) is 4.39 Å². The molecule has 0 fully saturated rings. The molecule has 0 atom stereocenters. The minimum Gasteiger partial charge on any atom is -0.326 e. The summed E-state index contributed by atoms with van der Waals surface area (Å²) in [5.41, 5.74) is 5.24. The number of aromatic nitrogens is 2. The summed E-state index contributed by atoms with van der Waals surface area (Å²) in [6, 6.07) is 28.1. The van der Waals surface area contributed by atoms with Crippen LogP contribution in [0.5, 0.6) is 0 Å². The predicted octanol–water partition coefficient (Wildman–Crippen LogP) is 8.35. The van der Waals surface area contributed by atoms with Gasteiger partial charge in [0.25, 0.3) is 0 Å². The van der Waals surface area contributed by atoms with Crippen LogP contribution in [0, 0.1) is 5.82 Å². The van der Waals surface area contributed by atoms with E-state index < -0.39 is 0 Å². The third-order valence-corrected chi connectivity index (χ3v) is 6.69. The van der Waals surface area contributed by atoms with Crippen molar-refractivity contribution >= 4 is 0 Å². The summed E-state index contributed by atoms with van der Waals surface area (Å²) in [7, 11) is 0. The van der Waals surface area contributed by atoms with E-state index in [1.165, 1.54) is 18.5 Å². The fourth-order valence-electron chi connectivity index (χ4n) is 4.72. The fourth-order valence-corrected chi connectivity index (χ4v) is 4.72. The second-order valence-electron chi connectivity index (χ2n) is 9.48. The van der Waals surface area contributed by atoms with Gasteiger partial charge in [-0.25, -0.2) is 9.37 Å². The van der Waals surface area contributed by atoms with E-state index in [-0.39, 0.29) is 5.82 Å². The van der Waals surface area contributed by atoms with Crippen molar-refractivity contribution in [3.63, 3.8) is 0 Å². The average molecular weight is 484 g/mol. The lowest BCUT2D eigenvalue weighted by Crippen LogP contribution is -2.26. The van der Waals surface area contributed by atoms with Gasteiger partial charge in [0, 0.05) is 36.3 Å². The highest BCUT2D eigenvalue weighted by atomic mass is 19.1. The molecule has 4 heteroatoms. The van der Waals surface area contributed by atoms with Crippen LogP contribution >= 0.6 is 0 Å². The van der Waals surface area contributed by atoms with Gasteiger partial charge in [0.1, 0.15) is 11.6 Å². The van der Waals surface area contributed by atoms with E-state index in [0.29, 0.717) is 6.54 Å². The molecule has 0 amide bonds. The standard InChI is InChI=1S/C32H38FN3/c1-3-5-15-23-36-30(25-35(22-6-4-2)24-28-20-13-14-21-29(28)33)31(26-16-9-7-10-17-26)34-32(36)27-18-11-8-12-19-27/h7-14,16-21H,3-6,15,22-25H2,1-2H3. The van der Waals surface area contributed by atoms with Crippen molar-refractivity contribution < 1.29 is 4.39 Å². The highest BCUT2D eigenvalue weighted by molar-refractivity contribution is 5.68. The van der Waals surface area contributed by atoms with E-state index in [1.807, 2.05) is 24.3 Å². The van der Waals surface area contributed by atoms with Crippen LogP contribution in [0.2, 0.25) is 0 Å². The van der Waals surface area contributed by atoms with Crippen molar-refractivity contribution in [2.24, 2.45) is 0 Å². The predicted molar refractivity (Wildman–Crippen MR) is 148 cm³/mol. The zero-order chi connectivity index (χ0) is 25.2. The molecule has 3 nitrogen and oxygen atoms in total. The van der Waals surface area contributed by atoms with E-state index in [4.69, 9.17) is 4.98 Å². The van der Waals surface area contributed by atoms with Crippen molar-refractivity contribution in [3.05, 3.63) is 102 Å². The first-order chi connectivity index (χ1) is 17.7. The van der Waals surface area contributed by atoms with Gasteiger partial charge in [0.05, 0.1) is 11.4 Å². The van der Waals surface area contributed by atoms with Gasteiger partial charge in [0.15, 0.2) is 0 Å². The van der Waals surface area contributed by atoms with Crippen LogP contribution in [0.25, 0.3) is 22.6 Å². The maximum atomic E-state index is 14.6. The molecule has 0 unspecified atom stereocenters. The van der Waals surface area contributed by atoms with E-state index in [9.17, 15) is 4.39 Å². The number of rotatable bonds is 13. The van der Waals surface area contributed by atoms with Crippen LogP contribution in [-0.2, 0) is 19.6 Å². The van der Waals surface area contributed by atoms with Crippen LogP contribution in [0.1, 0.15) is 57.2 Å². The molecular weight excluding hydrogens is 445 g/mol. The van der Waals surface area contributed by atoms with Gasteiger partial charge < -0.3 is 4.57 Å². The summed E-state index contributed by atoms with van der Waals surface area (Å²) >= 11 is 0. The minimum atomic E-state index is -0.135. The number of imidazole rings is 1. The van der Waals surface area contributed by atoms with Crippen molar-refractivity contribution in [3.8, 4) is 22.6 Å². The first-order valence-corrected chi connectivity index (χ1v) is 13.4. The largest absolute Gasteiger partial charge is 0.326 e. The molecule has 0 saturated carbocycles. The minimum absolute atomic E-state index is 0.135. The van der Waals surface area contributed by atoms with Gasteiger partial charge in [-0.3, -0.25) is 4.90 Å². The lowest BCUT2D eigenvalue weighted by Gasteiger charge is -2.24. The smallest absolute Gasteiger partial charge is 0.140 e. The fraction of sp³-hybridized carbons (Fsp3) is 0.344. The van der Waals surface area contributed by atoms with Gasteiger partial charge in [-0.1, -0.05) is 112 Å². The average Bonchev–Trinajstić information content (AvgIpc) is 3.27. The lowest BCUT2D eigenvalue weighted by atomic mass is 10.1. The third kappa shape index (κ3) is 6.50. The molecule has 0 aliphatic rings. The van der Waals surface area contributed by atoms with E-state index in [2.05, 4.69) is 71.8 Å². The molecule has 0 bridgehead atoms.